The maximum Gasteiger partial charge on any atom is 0.193 e. The van der Waals surface area contributed by atoms with Gasteiger partial charge in [-0.1, -0.05) is 25.0 Å². The van der Waals surface area contributed by atoms with E-state index in [4.69, 9.17) is 0 Å². The van der Waals surface area contributed by atoms with Gasteiger partial charge < -0.3 is 10.2 Å². The first-order valence-electron chi connectivity index (χ1n) is 7.91. The zero-order valence-electron chi connectivity index (χ0n) is 13.1. The maximum absolute atomic E-state index is 13.2. The van der Waals surface area contributed by atoms with E-state index in [2.05, 4.69) is 15.2 Å². The second-order valence-electron chi connectivity index (χ2n) is 6.41. The Kier molecular flexibility index (Phi) is 6.06. The van der Waals surface area contributed by atoms with Gasteiger partial charge in [0.1, 0.15) is 5.82 Å². The molecular weight excluding hydrogens is 392 g/mol. The highest BCUT2D eigenvalue weighted by Gasteiger charge is 2.40. The van der Waals surface area contributed by atoms with Gasteiger partial charge in [0.2, 0.25) is 0 Å². The van der Waals surface area contributed by atoms with E-state index in [9.17, 15) is 4.39 Å². The van der Waals surface area contributed by atoms with E-state index in [1.54, 1.807) is 12.1 Å². The van der Waals surface area contributed by atoms with Crippen LogP contribution in [0.4, 0.5) is 4.39 Å². The van der Waals surface area contributed by atoms with Gasteiger partial charge in [-0.3, -0.25) is 4.99 Å². The molecule has 3 rings (SSSR count). The van der Waals surface area contributed by atoms with Crippen LogP contribution < -0.4 is 5.32 Å². The summed E-state index contributed by atoms with van der Waals surface area (Å²) in [5.41, 5.74) is 1.49. The van der Waals surface area contributed by atoms with E-state index in [1.165, 1.54) is 38.2 Å². The Morgan fingerprint density at radius 1 is 1.32 bits per heavy atom. The van der Waals surface area contributed by atoms with Crippen LogP contribution >= 0.6 is 24.0 Å². The highest BCUT2D eigenvalue weighted by atomic mass is 127. The predicted molar refractivity (Wildman–Crippen MR) is 99.1 cm³/mol. The number of rotatable bonds is 2. The van der Waals surface area contributed by atoms with Gasteiger partial charge in [0, 0.05) is 26.7 Å². The highest BCUT2D eigenvalue weighted by Crippen LogP contribution is 2.45. The molecule has 2 aliphatic rings. The van der Waals surface area contributed by atoms with Crippen LogP contribution in [0, 0.1) is 11.2 Å². The Hall–Kier alpha value is -0.850. The van der Waals surface area contributed by atoms with Crippen molar-refractivity contribution in [2.45, 2.75) is 38.6 Å². The van der Waals surface area contributed by atoms with Gasteiger partial charge in [-0.25, -0.2) is 4.39 Å². The number of hydrogen-bond acceptors (Lipinski definition) is 1. The molecule has 2 fully saturated rings. The third kappa shape index (κ3) is 3.91. The van der Waals surface area contributed by atoms with Crippen molar-refractivity contribution in [3.8, 4) is 0 Å². The Balaban J connectivity index is 0.00000176. The minimum Gasteiger partial charge on any atom is -0.352 e. The zero-order valence-corrected chi connectivity index (χ0v) is 15.5. The molecule has 0 aromatic heterocycles. The average molecular weight is 417 g/mol. The van der Waals surface area contributed by atoms with Crippen molar-refractivity contribution < 1.29 is 4.39 Å². The summed E-state index contributed by atoms with van der Waals surface area (Å²) in [7, 11) is 1.83. The summed E-state index contributed by atoms with van der Waals surface area (Å²) >= 11 is 0. The van der Waals surface area contributed by atoms with Crippen molar-refractivity contribution in [1.82, 2.24) is 10.2 Å². The lowest BCUT2D eigenvalue weighted by molar-refractivity contribution is 0.309. The zero-order chi connectivity index (χ0) is 14.7. The van der Waals surface area contributed by atoms with Crippen LogP contribution in [0.15, 0.2) is 29.3 Å². The summed E-state index contributed by atoms with van der Waals surface area (Å²) in [5, 5.41) is 3.37. The van der Waals surface area contributed by atoms with Gasteiger partial charge in [-0.05, 0) is 42.4 Å². The van der Waals surface area contributed by atoms with Crippen LogP contribution in [0.1, 0.15) is 37.7 Å². The van der Waals surface area contributed by atoms with Crippen LogP contribution in [0.3, 0.4) is 0 Å². The molecule has 1 aliphatic carbocycles. The number of halogens is 2. The number of hydrogen-bond donors (Lipinski definition) is 1. The van der Waals surface area contributed by atoms with Crippen LogP contribution in [0.5, 0.6) is 0 Å². The molecule has 3 nitrogen and oxygen atoms in total. The largest absolute Gasteiger partial charge is 0.352 e. The molecule has 1 spiro atoms. The topological polar surface area (TPSA) is 27.6 Å². The summed E-state index contributed by atoms with van der Waals surface area (Å²) in [4.78, 5) is 6.77. The summed E-state index contributed by atoms with van der Waals surface area (Å²) < 4.78 is 13.2. The number of nitrogens with zero attached hydrogens (tertiary/aromatic N) is 2. The monoisotopic (exact) mass is 417 g/mol. The standard InChI is InChI=1S/C17H24FN3.HI/c1-19-16(20-12-14-5-4-6-15(18)11-14)21-10-9-17(13-21)7-2-3-8-17;/h4-6,11H,2-3,7-10,12-13H2,1H3,(H,19,20);1H. The van der Waals surface area contributed by atoms with Crippen molar-refractivity contribution in [1.29, 1.82) is 0 Å². The normalized spacial score (nSPS) is 20.3. The minimum atomic E-state index is -0.185. The van der Waals surface area contributed by atoms with Gasteiger partial charge in [0.15, 0.2) is 5.96 Å². The molecule has 1 saturated carbocycles. The number of guanidine groups is 1. The van der Waals surface area contributed by atoms with Gasteiger partial charge in [-0.15, -0.1) is 24.0 Å². The van der Waals surface area contributed by atoms with Gasteiger partial charge >= 0.3 is 0 Å². The Morgan fingerprint density at radius 3 is 2.77 bits per heavy atom. The van der Waals surface area contributed by atoms with Crippen LogP contribution in [-0.4, -0.2) is 31.0 Å². The Morgan fingerprint density at radius 2 is 2.09 bits per heavy atom. The fourth-order valence-electron chi connectivity index (χ4n) is 3.81. The van der Waals surface area contributed by atoms with Gasteiger partial charge in [-0.2, -0.15) is 0 Å². The smallest absolute Gasteiger partial charge is 0.193 e. The Bertz CT molecular complexity index is 526. The van der Waals surface area contributed by atoms with Crippen molar-refractivity contribution in [2.75, 3.05) is 20.1 Å². The highest BCUT2D eigenvalue weighted by molar-refractivity contribution is 14.0. The number of benzene rings is 1. The van der Waals surface area contributed by atoms with Crippen molar-refractivity contribution in [3.63, 3.8) is 0 Å². The molecule has 122 valence electrons. The molecule has 1 aromatic rings. The van der Waals surface area contributed by atoms with Crippen molar-refractivity contribution in [3.05, 3.63) is 35.6 Å². The number of aliphatic imine (C=N–C) groups is 1. The molecule has 5 heteroatoms. The first-order chi connectivity index (χ1) is 10.2. The molecular formula is C17H25FIN3. The molecule has 1 aliphatic heterocycles. The van der Waals surface area contributed by atoms with E-state index in [0.717, 1.165) is 24.6 Å². The summed E-state index contributed by atoms with van der Waals surface area (Å²) in [6, 6.07) is 6.73. The average Bonchev–Trinajstić information content (AvgIpc) is 3.11. The second kappa shape index (κ2) is 7.62. The molecule has 0 amide bonds. The van der Waals surface area contributed by atoms with Gasteiger partial charge in [0.25, 0.3) is 0 Å². The molecule has 22 heavy (non-hydrogen) atoms. The first kappa shape index (κ1) is 17.5. The lowest BCUT2D eigenvalue weighted by Gasteiger charge is -2.26. The van der Waals surface area contributed by atoms with E-state index >= 15 is 0 Å². The SMILES string of the molecule is CN=C(NCc1cccc(F)c1)N1CCC2(CCCC2)C1.I. The first-order valence-corrected chi connectivity index (χ1v) is 7.91. The van der Waals surface area contributed by atoms with E-state index in [1.807, 2.05) is 13.1 Å². The van der Waals surface area contributed by atoms with Crippen LogP contribution in [0.2, 0.25) is 0 Å². The van der Waals surface area contributed by atoms with Crippen LogP contribution in [-0.2, 0) is 6.54 Å². The quantitative estimate of drug-likeness (QED) is 0.451. The molecule has 0 unspecified atom stereocenters. The summed E-state index contributed by atoms with van der Waals surface area (Å²) in [5.74, 6) is 0.762. The third-order valence-corrected chi connectivity index (χ3v) is 4.95. The fraction of sp³-hybridized carbons (Fsp3) is 0.588. The van der Waals surface area contributed by atoms with Crippen molar-refractivity contribution >= 4 is 29.9 Å². The molecule has 1 heterocycles. The molecule has 0 radical (unpaired) electrons. The summed E-state index contributed by atoms with van der Waals surface area (Å²) in [6.45, 7) is 2.83. The van der Waals surface area contributed by atoms with Gasteiger partial charge in [0.05, 0.1) is 0 Å². The van der Waals surface area contributed by atoms with E-state index < -0.39 is 0 Å². The number of likely N-dealkylation sites (tertiary alicyclic amines) is 1. The predicted octanol–water partition coefficient (Wildman–Crippen LogP) is 3.79. The number of nitrogens with one attached hydrogen (secondary N) is 1. The second-order valence-corrected chi connectivity index (χ2v) is 6.41. The Labute approximate surface area is 149 Å². The molecule has 1 aromatic carbocycles. The van der Waals surface area contributed by atoms with Crippen LogP contribution in [0.25, 0.3) is 0 Å². The lowest BCUT2D eigenvalue weighted by Crippen LogP contribution is -2.40. The molecule has 1 saturated heterocycles. The minimum absolute atomic E-state index is 0. The fourth-order valence-corrected chi connectivity index (χ4v) is 3.81. The molecule has 1 N–H and O–H groups in total. The summed E-state index contributed by atoms with van der Waals surface area (Å²) in [6.07, 6.45) is 6.77. The van der Waals surface area contributed by atoms with E-state index in [0.29, 0.717) is 12.0 Å². The van der Waals surface area contributed by atoms with Crippen molar-refractivity contribution in [2.24, 2.45) is 10.4 Å². The maximum atomic E-state index is 13.2. The third-order valence-electron chi connectivity index (χ3n) is 4.95. The lowest BCUT2D eigenvalue weighted by atomic mass is 9.86. The molecule has 0 bridgehead atoms. The van der Waals surface area contributed by atoms with E-state index in [-0.39, 0.29) is 29.8 Å². The molecule has 0 atom stereocenters.